The molecule has 0 spiro atoms. The highest BCUT2D eigenvalue weighted by Crippen LogP contribution is 2.36. The number of benzene rings is 1. The highest BCUT2D eigenvalue weighted by atomic mass is 16.6. The van der Waals surface area contributed by atoms with Gasteiger partial charge in [-0.05, 0) is 84.1 Å². The number of rotatable bonds is 2. The minimum absolute atomic E-state index is 0.0987. The Kier molecular flexibility index (Phi) is 5.28. The van der Waals surface area contributed by atoms with Gasteiger partial charge in [0.2, 0.25) is 0 Å². The molecule has 0 aliphatic heterocycles. The fourth-order valence-corrected chi connectivity index (χ4v) is 2.46. The summed E-state index contributed by atoms with van der Waals surface area (Å²) in [6.07, 6.45) is 2.44. The summed E-state index contributed by atoms with van der Waals surface area (Å²) in [7, 11) is 0. The van der Waals surface area contributed by atoms with Crippen LogP contribution in [0.25, 0.3) is 0 Å². The fourth-order valence-electron chi connectivity index (χ4n) is 2.46. The van der Waals surface area contributed by atoms with Crippen molar-refractivity contribution in [2.45, 2.75) is 66.8 Å². The molecule has 25 heavy (non-hydrogen) atoms. The van der Waals surface area contributed by atoms with Crippen molar-refractivity contribution >= 4 is 11.9 Å². The Hall–Kier alpha value is -1.88. The lowest BCUT2D eigenvalue weighted by Crippen LogP contribution is -2.30. The van der Waals surface area contributed by atoms with Gasteiger partial charge in [-0.2, -0.15) is 0 Å². The lowest BCUT2D eigenvalue weighted by atomic mass is 9.88. The lowest BCUT2D eigenvalue weighted by molar-refractivity contribution is -0.145. The van der Waals surface area contributed by atoms with Gasteiger partial charge in [0.1, 0.15) is 0 Å². The molecule has 138 valence electrons. The summed E-state index contributed by atoms with van der Waals surface area (Å²) in [5.74, 6) is -0.161. The van der Waals surface area contributed by atoms with Crippen LogP contribution in [0, 0.1) is 10.8 Å². The summed E-state index contributed by atoms with van der Waals surface area (Å²) in [6.45, 7) is 10.7. The van der Waals surface area contributed by atoms with E-state index in [1.807, 2.05) is 6.07 Å². The van der Waals surface area contributed by atoms with Crippen molar-refractivity contribution in [1.82, 2.24) is 0 Å². The summed E-state index contributed by atoms with van der Waals surface area (Å²) in [4.78, 5) is 24.6. The van der Waals surface area contributed by atoms with E-state index >= 15 is 0 Å². The maximum absolute atomic E-state index is 12.3. The highest BCUT2D eigenvalue weighted by Gasteiger charge is 2.29. The molecule has 1 unspecified atom stereocenters. The van der Waals surface area contributed by atoms with Gasteiger partial charge in [-0.3, -0.25) is 9.59 Å². The zero-order valence-electron chi connectivity index (χ0n) is 16.1. The molecular formula is C20H29NO4. The molecule has 5 heteroatoms. The molecule has 1 aromatic rings. The van der Waals surface area contributed by atoms with Crippen LogP contribution in [0.4, 0.5) is 0 Å². The molecule has 0 radical (unpaired) electrons. The number of aryl methyl sites for hydroxylation is 1. The standard InChI is InChI=1S/C20H29NO4/c1-19(2,3)17(22)24-15-10-12-7-8-14(21)9-13(12)11-16(15)25-18(23)20(4,5)6/h10-11,14H,7-9,21H2,1-6H3. The minimum atomic E-state index is -0.655. The summed E-state index contributed by atoms with van der Waals surface area (Å²) >= 11 is 0. The van der Waals surface area contributed by atoms with Crippen molar-refractivity contribution in [1.29, 1.82) is 0 Å². The molecule has 0 fully saturated rings. The van der Waals surface area contributed by atoms with Crippen molar-refractivity contribution in [2.24, 2.45) is 16.6 Å². The van der Waals surface area contributed by atoms with E-state index in [1.165, 1.54) is 0 Å². The number of esters is 2. The van der Waals surface area contributed by atoms with Gasteiger partial charge in [-0.1, -0.05) is 0 Å². The van der Waals surface area contributed by atoms with Gasteiger partial charge in [0.15, 0.2) is 11.5 Å². The Balaban J connectivity index is 2.41. The molecule has 0 bridgehead atoms. The number of carbonyl (C=O) groups is 2. The van der Waals surface area contributed by atoms with Crippen LogP contribution >= 0.6 is 0 Å². The van der Waals surface area contributed by atoms with Crippen molar-refractivity contribution in [2.75, 3.05) is 0 Å². The molecule has 1 aliphatic carbocycles. The van der Waals surface area contributed by atoms with Gasteiger partial charge >= 0.3 is 11.9 Å². The third kappa shape index (κ3) is 4.82. The Bertz CT molecular complexity index is 680. The number of hydrogen-bond acceptors (Lipinski definition) is 5. The number of fused-ring (bicyclic) bond motifs is 1. The van der Waals surface area contributed by atoms with Crippen LogP contribution < -0.4 is 15.2 Å². The van der Waals surface area contributed by atoms with Crippen LogP contribution in [0.2, 0.25) is 0 Å². The number of hydrogen-bond donors (Lipinski definition) is 1. The van der Waals surface area contributed by atoms with E-state index in [2.05, 4.69) is 0 Å². The average Bonchev–Trinajstić information content (AvgIpc) is 2.45. The quantitative estimate of drug-likeness (QED) is 0.655. The Morgan fingerprint density at radius 1 is 0.920 bits per heavy atom. The van der Waals surface area contributed by atoms with Crippen LogP contribution in [-0.4, -0.2) is 18.0 Å². The number of carbonyl (C=O) groups excluding carboxylic acids is 2. The van der Waals surface area contributed by atoms with E-state index in [0.29, 0.717) is 5.75 Å². The van der Waals surface area contributed by atoms with Gasteiger partial charge in [0.05, 0.1) is 10.8 Å². The third-order valence-electron chi connectivity index (χ3n) is 4.16. The zero-order chi connectivity index (χ0) is 19.0. The normalized spacial score (nSPS) is 17.6. The van der Waals surface area contributed by atoms with E-state index in [1.54, 1.807) is 47.6 Å². The summed E-state index contributed by atoms with van der Waals surface area (Å²) in [5.41, 5.74) is 6.89. The Morgan fingerprint density at radius 3 is 1.80 bits per heavy atom. The molecule has 0 saturated carbocycles. The first kappa shape index (κ1) is 19.4. The molecule has 5 nitrogen and oxygen atoms in total. The van der Waals surface area contributed by atoms with E-state index in [0.717, 1.165) is 30.4 Å². The summed E-state index contributed by atoms with van der Waals surface area (Å²) in [5, 5.41) is 0. The second-order valence-corrected chi connectivity index (χ2v) is 8.85. The second kappa shape index (κ2) is 6.79. The SMILES string of the molecule is CC(C)(C)C(=O)Oc1cc2c(cc1OC(=O)C(C)(C)C)CC(N)CC2. The van der Waals surface area contributed by atoms with Crippen LogP contribution in [-0.2, 0) is 22.4 Å². The van der Waals surface area contributed by atoms with Gasteiger partial charge in [0, 0.05) is 6.04 Å². The molecule has 1 aromatic carbocycles. The van der Waals surface area contributed by atoms with Crippen LogP contribution in [0.3, 0.4) is 0 Å². The minimum Gasteiger partial charge on any atom is -0.422 e. The predicted molar refractivity (Wildman–Crippen MR) is 96.6 cm³/mol. The Morgan fingerprint density at radius 2 is 1.36 bits per heavy atom. The lowest BCUT2D eigenvalue weighted by Gasteiger charge is -2.25. The van der Waals surface area contributed by atoms with Gasteiger partial charge in [0.25, 0.3) is 0 Å². The number of ether oxygens (including phenoxy) is 2. The van der Waals surface area contributed by atoms with Crippen LogP contribution in [0.1, 0.15) is 59.1 Å². The van der Waals surface area contributed by atoms with Crippen molar-refractivity contribution in [3.63, 3.8) is 0 Å². The molecular weight excluding hydrogens is 318 g/mol. The first-order valence-electron chi connectivity index (χ1n) is 8.74. The molecule has 0 aromatic heterocycles. The first-order chi connectivity index (χ1) is 11.4. The largest absolute Gasteiger partial charge is 0.422 e. The van der Waals surface area contributed by atoms with Gasteiger partial charge < -0.3 is 15.2 Å². The van der Waals surface area contributed by atoms with Crippen molar-refractivity contribution < 1.29 is 19.1 Å². The molecule has 2 N–H and O–H groups in total. The van der Waals surface area contributed by atoms with E-state index in [-0.39, 0.29) is 23.7 Å². The van der Waals surface area contributed by atoms with Gasteiger partial charge in [-0.25, -0.2) is 0 Å². The smallest absolute Gasteiger partial charge is 0.316 e. The molecule has 0 saturated heterocycles. The molecule has 1 aliphatic rings. The van der Waals surface area contributed by atoms with E-state index in [9.17, 15) is 9.59 Å². The third-order valence-corrected chi connectivity index (χ3v) is 4.16. The number of nitrogens with two attached hydrogens (primary N) is 1. The monoisotopic (exact) mass is 347 g/mol. The van der Waals surface area contributed by atoms with Crippen LogP contribution in [0.15, 0.2) is 12.1 Å². The first-order valence-corrected chi connectivity index (χ1v) is 8.74. The van der Waals surface area contributed by atoms with E-state index in [4.69, 9.17) is 15.2 Å². The van der Waals surface area contributed by atoms with E-state index < -0.39 is 10.8 Å². The van der Waals surface area contributed by atoms with Crippen molar-refractivity contribution in [3.8, 4) is 11.5 Å². The second-order valence-electron chi connectivity index (χ2n) is 8.85. The van der Waals surface area contributed by atoms with Gasteiger partial charge in [-0.15, -0.1) is 0 Å². The molecule has 1 atom stereocenters. The average molecular weight is 347 g/mol. The zero-order valence-corrected chi connectivity index (χ0v) is 16.1. The summed E-state index contributed by atoms with van der Waals surface area (Å²) < 4.78 is 11.1. The fraction of sp³-hybridized carbons (Fsp3) is 0.600. The molecule has 2 rings (SSSR count). The Labute approximate surface area is 149 Å². The molecule has 0 heterocycles. The maximum Gasteiger partial charge on any atom is 0.316 e. The summed E-state index contributed by atoms with van der Waals surface area (Å²) in [6, 6.07) is 3.71. The highest BCUT2D eigenvalue weighted by molar-refractivity contribution is 5.81. The molecule has 0 amide bonds. The topological polar surface area (TPSA) is 78.6 Å². The predicted octanol–water partition coefficient (Wildman–Crippen LogP) is 3.41. The maximum atomic E-state index is 12.3. The van der Waals surface area contributed by atoms with Crippen LogP contribution in [0.5, 0.6) is 11.5 Å². The van der Waals surface area contributed by atoms with Crippen molar-refractivity contribution in [3.05, 3.63) is 23.3 Å².